The van der Waals surface area contributed by atoms with Gasteiger partial charge in [-0.2, -0.15) is 0 Å². The number of fused-ring (bicyclic) bond motifs is 1. The van der Waals surface area contributed by atoms with Crippen LogP contribution in [0.3, 0.4) is 0 Å². The molecule has 0 saturated carbocycles. The van der Waals surface area contributed by atoms with E-state index in [1.54, 1.807) is 32.0 Å². The van der Waals surface area contributed by atoms with Gasteiger partial charge < -0.3 is 25.2 Å². The van der Waals surface area contributed by atoms with Crippen LogP contribution in [0, 0.1) is 12.7 Å². The fourth-order valence-electron chi connectivity index (χ4n) is 4.31. The number of carboxylic acid groups (broad SMARTS) is 1. The second kappa shape index (κ2) is 8.68. The van der Waals surface area contributed by atoms with Crippen LogP contribution in [-0.4, -0.2) is 46.4 Å². The van der Waals surface area contributed by atoms with E-state index >= 15 is 0 Å². The summed E-state index contributed by atoms with van der Waals surface area (Å²) in [7, 11) is 1.44. The number of β-amino-alcohol motifs (C(OH)–C–C–N with tert-alkyl or cyclic N) is 1. The molecule has 34 heavy (non-hydrogen) atoms. The Balaban J connectivity index is 1.76. The molecule has 2 aromatic carbocycles. The maximum absolute atomic E-state index is 14.7. The fourth-order valence-corrected chi connectivity index (χ4v) is 4.31. The first-order chi connectivity index (χ1) is 16.0. The van der Waals surface area contributed by atoms with Crippen LogP contribution in [0.25, 0.3) is 10.9 Å². The number of methoxy groups -OCH3 is 1. The van der Waals surface area contributed by atoms with Crippen molar-refractivity contribution in [3.8, 4) is 5.75 Å². The topological polar surface area (TPSA) is 94.9 Å². The van der Waals surface area contributed by atoms with Crippen LogP contribution in [0.15, 0.2) is 36.4 Å². The number of aliphatic hydroxyl groups is 1. The molecular formula is C24H24F3N3O4. The van der Waals surface area contributed by atoms with E-state index in [1.165, 1.54) is 19.2 Å². The molecule has 7 nitrogen and oxygen atoms in total. The summed E-state index contributed by atoms with van der Waals surface area (Å²) in [6.07, 6.45) is -4.06. The lowest BCUT2D eigenvalue weighted by molar-refractivity contribution is -0.0908. The second-order valence-electron chi connectivity index (χ2n) is 8.47. The first-order valence-corrected chi connectivity index (χ1v) is 10.6. The molecule has 2 heterocycles. The van der Waals surface area contributed by atoms with Gasteiger partial charge >= 0.3 is 6.09 Å². The van der Waals surface area contributed by atoms with Crippen LogP contribution in [-0.2, 0) is 5.60 Å². The number of rotatable bonds is 6. The lowest BCUT2D eigenvalue weighted by Crippen LogP contribution is -2.61. The van der Waals surface area contributed by atoms with Crippen molar-refractivity contribution in [1.82, 2.24) is 9.88 Å². The maximum atomic E-state index is 14.7. The van der Waals surface area contributed by atoms with Crippen LogP contribution >= 0.6 is 0 Å². The number of likely N-dealkylation sites (tertiary alicyclic amines) is 1. The number of anilines is 1. The molecule has 10 heteroatoms. The van der Waals surface area contributed by atoms with Crippen LogP contribution in [0.2, 0.25) is 0 Å². The number of hydrogen-bond donors (Lipinski definition) is 3. The van der Waals surface area contributed by atoms with E-state index in [0.717, 1.165) is 11.0 Å². The van der Waals surface area contributed by atoms with E-state index in [4.69, 9.17) is 9.84 Å². The molecule has 1 fully saturated rings. The van der Waals surface area contributed by atoms with Gasteiger partial charge in [-0.3, -0.25) is 4.98 Å². The minimum Gasteiger partial charge on any atom is -0.496 e. The molecule has 0 aliphatic carbocycles. The smallest absolute Gasteiger partial charge is 0.407 e. The Kier molecular flexibility index (Phi) is 6.03. The Morgan fingerprint density at radius 1 is 1.24 bits per heavy atom. The van der Waals surface area contributed by atoms with E-state index in [1.807, 2.05) is 0 Å². The number of nitrogens with zero attached hydrogens (tertiary/aromatic N) is 2. The first kappa shape index (κ1) is 23.6. The molecule has 1 saturated heterocycles. The van der Waals surface area contributed by atoms with Crippen molar-refractivity contribution in [1.29, 1.82) is 0 Å². The summed E-state index contributed by atoms with van der Waals surface area (Å²) in [5.41, 5.74) is 0.121. The van der Waals surface area contributed by atoms with Crippen molar-refractivity contribution < 1.29 is 32.9 Å². The normalized spacial score (nSPS) is 15.8. The zero-order valence-electron chi connectivity index (χ0n) is 18.8. The molecule has 1 atom stereocenters. The monoisotopic (exact) mass is 475 g/mol. The standard InChI is InChI=1S/C24H24F3N3O4/c1-12-7-18(29-13(2)14-5-4-6-15(21(14)25)22(26)27)16-8-17(20(34-3)9-19(16)28-12)24(33)10-30(11-24)23(31)32/h4-9,13,22,33H,10-11H2,1-3H3,(H,28,29)(H,31,32). The second-order valence-corrected chi connectivity index (χ2v) is 8.47. The molecule has 1 aliphatic rings. The molecule has 4 rings (SSSR count). The summed E-state index contributed by atoms with van der Waals surface area (Å²) >= 11 is 0. The molecule has 0 radical (unpaired) electrons. The largest absolute Gasteiger partial charge is 0.496 e. The van der Waals surface area contributed by atoms with Crippen molar-refractivity contribution in [2.75, 3.05) is 25.5 Å². The number of ether oxygens (including phenoxy) is 1. The van der Waals surface area contributed by atoms with Gasteiger partial charge in [-0.1, -0.05) is 18.2 Å². The van der Waals surface area contributed by atoms with Crippen molar-refractivity contribution >= 4 is 22.7 Å². The molecule has 0 spiro atoms. The van der Waals surface area contributed by atoms with Crippen molar-refractivity contribution in [2.45, 2.75) is 31.9 Å². The lowest BCUT2D eigenvalue weighted by Gasteiger charge is -2.45. The number of nitrogens with one attached hydrogen (secondary N) is 1. The highest BCUT2D eigenvalue weighted by Gasteiger charge is 2.47. The summed E-state index contributed by atoms with van der Waals surface area (Å²) in [5.74, 6) is -0.611. The molecule has 3 N–H and O–H groups in total. The van der Waals surface area contributed by atoms with Gasteiger partial charge in [0.1, 0.15) is 17.2 Å². The van der Waals surface area contributed by atoms with Gasteiger partial charge in [0.15, 0.2) is 0 Å². The summed E-state index contributed by atoms with van der Waals surface area (Å²) in [6.45, 7) is 3.20. The summed E-state index contributed by atoms with van der Waals surface area (Å²) < 4.78 is 46.5. The van der Waals surface area contributed by atoms with Crippen LogP contribution in [0.1, 0.15) is 41.8 Å². The number of aromatic nitrogens is 1. The summed E-state index contributed by atoms with van der Waals surface area (Å²) in [4.78, 5) is 16.8. The number of halogens is 3. The van der Waals surface area contributed by atoms with E-state index in [0.29, 0.717) is 33.6 Å². The molecular weight excluding hydrogens is 451 g/mol. The molecule has 1 unspecified atom stereocenters. The van der Waals surface area contributed by atoms with E-state index < -0.39 is 35.5 Å². The molecule has 1 amide bonds. The van der Waals surface area contributed by atoms with Crippen molar-refractivity contribution in [3.05, 3.63) is 64.6 Å². The zero-order valence-corrected chi connectivity index (χ0v) is 18.8. The van der Waals surface area contributed by atoms with Gasteiger partial charge in [0.25, 0.3) is 6.43 Å². The molecule has 180 valence electrons. The SMILES string of the molecule is COc1cc2nc(C)cc(NC(C)c3cccc(C(F)F)c3F)c2cc1C1(O)CN(C(=O)O)C1. The quantitative estimate of drug-likeness (QED) is 0.465. The fraction of sp³-hybridized carbons (Fsp3) is 0.333. The molecule has 0 bridgehead atoms. The maximum Gasteiger partial charge on any atom is 0.407 e. The third kappa shape index (κ3) is 4.09. The number of alkyl halides is 2. The third-order valence-electron chi connectivity index (χ3n) is 6.07. The predicted octanol–water partition coefficient (Wildman–Crippen LogP) is 4.98. The highest BCUT2D eigenvalue weighted by Crippen LogP contribution is 2.41. The predicted molar refractivity (Wildman–Crippen MR) is 120 cm³/mol. The number of benzene rings is 2. The Hall–Kier alpha value is -3.53. The van der Waals surface area contributed by atoms with Gasteiger partial charge in [-0.25, -0.2) is 18.0 Å². The van der Waals surface area contributed by atoms with Crippen molar-refractivity contribution in [3.63, 3.8) is 0 Å². The van der Waals surface area contributed by atoms with Crippen LogP contribution in [0.4, 0.5) is 23.7 Å². The Bertz CT molecular complexity index is 1260. The highest BCUT2D eigenvalue weighted by molar-refractivity contribution is 5.93. The van der Waals surface area contributed by atoms with Gasteiger partial charge in [0.2, 0.25) is 0 Å². The first-order valence-electron chi connectivity index (χ1n) is 10.6. The van der Waals surface area contributed by atoms with Crippen LogP contribution < -0.4 is 10.1 Å². The Morgan fingerprint density at radius 3 is 2.53 bits per heavy atom. The number of aryl methyl sites for hydroxylation is 1. The highest BCUT2D eigenvalue weighted by atomic mass is 19.3. The number of pyridine rings is 1. The average molecular weight is 475 g/mol. The van der Waals surface area contributed by atoms with E-state index in [2.05, 4.69) is 10.3 Å². The van der Waals surface area contributed by atoms with Gasteiger partial charge in [0.05, 0.1) is 37.3 Å². The summed E-state index contributed by atoms with van der Waals surface area (Å²) in [5, 5.41) is 24.0. The zero-order chi connectivity index (χ0) is 24.8. The molecule has 1 aliphatic heterocycles. The molecule has 1 aromatic heterocycles. The Labute approximate surface area is 193 Å². The minimum atomic E-state index is -2.93. The number of carbonyl (C=O) groups is 1. The number of amides is 1. The van der Waals surface area contributed by atoms with Crippen molar-refractivity contribution in [2.24, 2.45) is 0 Å². The van der Waals surface area contributed by atoms with Gasteiger partial charge in [-0.15, -0.1) is 0 Å². The lowest BCUT2D eigenvalue weighted by atomic mass is 9.84. The van der Waals surface area contributed by atoms with E-state index in [9.17, 15) is 23.1 Å². The molecule has 3 aromatic rings. The van der Waals surface area contributed by atoms with Crippen LogP contribution in [0.5, 0.6) is 5.75 Å². The third-order valence-corrected chi connectivity index (χ3v) is 6.07. The minimum absolute atomic E-state index is 0.0869. The Morgan fingerprint density at radius 2 is 1.91 bits per heavy atom. The van der Waals surface area contributed by atoms with E-state index in [-0.39, 0.29) is 18.7 Å². The van der Waals surface area contributed by atoms with Gasteiger partial charge in [-0.05, 0) is 26.0 Å². The number of hydrogen-bond acceptors (Lipinski definition) is 5. The summed E-state index contributed by atoms with van der Waals surface area (Å²) in [6, 6.07) is 8.27. The van der Waals surface area contributed by atoms with Gasteiger partial charge in [0, 0.05) is 34.0 Å². The average Bonchev–Trinajstić information content (AvgIpc) is 2.75.